The first-order chi connectivity index (χ1) is 9.86. The van der Waals surface area contributed by atoms with E-state index in [9.17, 15) is 0 Å². The molecule has 4 rings (SSSR count). The SMILES string of the molecule is CCSc1ccccc1NC1CC2CC1C1CCCC21. The van der Waals surface area contributed by atoms with Crippen LogP contribution in [0.5, 0.6) is 0 Å². The van der Waals surface area contributed by atoms with E-state index in [2.05, 4.69) is 36.5 Å². The lowest BCUT2D eigenvalue weighted by molar-refractivity contribution is 0.243. The number of thioether (sulfide) groups is 1. The largest absolute Gasteiger partial charge is 0.381 e. The Balaban J connectivity index is 1.51. The predicted octanol–water partition coefficient (Wildman–Crippen LogP) is 5.04. The van der Waals surface area contributed by atoms with Crippen LogP contribution in [0.2, 0.25) is 0 Å². The highest BCUT2D eigenvalue weighted by Gasteiger charge is 2.53. The van der Waals surface area contributed by atoms with Crippen molar-refractivity contribution in [3.63, 3.8) is 0 Å². The molecular formula is C18H25NS. The molecule has 0 spiro atoms. The van der Waals surface area contributed by atoms with Crippen LogP contribution in [0.1, 0.15) is 39.0 Å². The zero-order chi connectivity index (χ0) is 13.5. The summed E-state index contributed by atoms with van der Waals surface area (Å²) in [6.07, 6.45) is 7.47. The van der Waals surface area contributed by atoms with Crippen molar-refractivity contribution < 1.29 is 0 Å². The minimum absolute atomic E-state index is 0.748. The molecule has 5 atom stereocenters. The Morgan fingerprint density at radius 3 is 2.85 bits per heavy atom. The maximum absolute atomic E-state index is 3.92. The molecule has 1 nitrogen and oxygen atoms in total. The van der Waals surface area contributed by atoms with Gasteiger partial charge in [-0.2, -0.15) is 0 Å². The molecule has 5 unspecified atom stereocenters. The molecule has 0 radical (unpaired) electrons. The number of hydrogen-bond acceptors (Lipinski definition) is 2. The molecule has 0 saturated heterocycles. The molecule has 3 aliphatic carbocycles. The number of nitrogens with one attached hydrogen (secondary N) is 1. The van der Waals surface area contributed by atoms with E-state index in [1.54, 1.807) is 0 Å². The molecule has 1 aromatic carbocycles. The summed E-state index contributed by atoms with van der Waals surface area (Å²) in [7, 11) is 0. The second kappa shape index (κ2) is 5.29. The lowest BCUT2D eigenvalue weighted by Gasteiger charge is -2.33. The van der Waals surface area contributed by atoms with Crippen molar-refractivity contribution in [2.24, 2.45) is 23.7 Å². The van der Waals surface area contributed by atoms with Gasteiger partial charge < -0.3 is 5.32 Å². The average molecular weight is 287 g/mol. The topological polar surface area (TPSA) is 12.0 Å². The highest BCUT2D eigenvalue weighted by Crippen LogP contribution is 2.59. The number of fused-ring (bicyclic) bond motifs is 5. The van der Waals surface area contributed by atoms with Crippen molar-refractivity contribution in [1.29, 1.82) is 0 Å². The summed E-state index contributed by atoms with van der Waals surface area (Å²) >= 11 is 1.96. The summed E-state index contributed by atoms with van der Waals surface area (Å²) in [6.45, 7) is 2.24. The van der Waals surface area contributed by atoms with Crippen LogP contribution in [0, 0.1) is 23.7 Å². The summed E-state index contributed by atoms with van der Waals surface area (Å²) in [5.74, 6) is 5.30. The molecule has 108 valence electrons. The van der Waals surface area contributed by atoms with Gasteiger partial charge in [-0.05, 0) is 67.2 Å². The molecule has 3 aliphatic rings. The third kappa shape index (κ3) is 2.07. The van der Waals surface area contributed by atoms with Gasteiger partial charge in [-0.1, -0.05) is 25.5 Å². The molecule has 0 aliphatic heterocycles. The van der Waals surface area contributed by atoms with Gasteiger partial charge in [0.15, 0.2) is 0 Å². The number of benzene rings is 1. The van der Waals surface area contributed by atoms with Crippen molar-refractivity contribution in [3.8, 4) is 0 Å². The van der Waals surface area contributed by atoms with E-state index < -0.39 is 0 Å². The number of anilines is 1. The third-order valence-corrected chi connectivity index (χ3v) is 6.91. The van der Waals surface area contributed by atoms with Crippen molar-refractivity contribution >= 4 is 17.4 Å². The van der Waals surface area contributed by atoms with Gasteiger partial charge in [0.2, 0.25) is 0 Å². The molecule has 2 heteroatoms. The third-order valence-electron chi connectivity index (χ3n) is 5.96. The smallest absolute Gasteiger partial charge is 0.0480 e. The Morgan fingerprint density at radius 2 is 1.95 bits per heavy atom. The quantitative estimate of drug-likeness (QED) is 0.779. The maximum Gasteiger partial charge on any atom is 0.0480 e. The number of hydrogen-bond donors (Lipinski definition) is 1. The van der Waals surface area contributed by atoms with E-state index in [1.165, 1.54) is 42.7 Å². The first kappa shape index (κ1) is 13.1. The molecular weight excluding hydrogens is 262 g/mol. The molecule has 2 bridgehead atoms. The minimum atomic E-state index is 0.748. The van der Waals surface area contributed by atoms with E-state index in [0.29, 0.717) is 0 Å². The molecule has 0 amide bonds. The van der Waals surface area contributed by atoms with E-state index >= 15 is 0 Å². The van der Waals surface area contributed by atoms with Crippen LogP contribution >= 0.6 is 11.8 Å². The fourth-order valence-corrected chi connectivity index (χ4v) is 6.07. The van der Waals surface area contributed by atoms with Crippen LogP contribution in [-0.4, -0.2) is 11.8 Å². The summed E-state index contributed by atoms with van der Waals surface area (Å²) in [6, 6.07) is 9.63. The molecule has 20 heavy (non-hydrogen) atoms. The Kier molecular flexibility index (Phi) is 3.45. The van der Waals surface area contributed by atoms with Crippen molar-refractivity contribution in [2.75, 3.05) is 11.1 Å². The Morgan fingerprint density at radius 1 is 1.10 bits per heavy atom. The van der Waals surface area contributed by atoms with Gasteiger partial charge in [0.25, 0.3) is 0 Å². The second-order valence-electron chi connectivity index (χ2n) is 6.83. The highest BCUT2D eigenvalue weighted by atomic mass is 32.2. The molecule has 1 N–H and O–H groups in total. The van der Waals surface area contributed by atoms with E-state index in [1.807, 2.05) is 11.8 Å². The monoisotopic (exact) mass is 287 g/mol. The van der Waals surface area contributed by atoms with Gasteiger partial charge in [0.05, 0.1) is 0 Å². The maximum atomic E-state index is 3.92. The lowest BCUT2D eigenvalue weighted by atomic mass is 9.79. The van der Waals surface area contributed by atoms with Crippen LogP contribution in [0.25, 0.3) is 0 Å². The minimum Gasteiger partial charge on any atom is -0.381 e. The van der Waals surface area contributed by atoms with Gasteiger partial charge in [-0.15, -0.1) is 11.8 Å². The van der Waals surface area contributed by atoms with Gasteiger partial charge in [-0.25, -0.2) is 0 Å². The standard InChI is InChI=1S/C18H25NS/c1-2-20-18-9-4-3-8-16(18)19-17-11-12-10-15(17)14-7-5-6-13(12)14/h3-4,8-9,12-15,17,19H,2,5-7,10-11H2,1H3. The van der Waals surface area contributed by atoms with Gasteiger partial charge in [0, 0.05) is 16.6 Å². The summed E-state index contributed by atoms with van der Waals surface area (Å²) in [4.78, 5) is 1.43. The summed E-state index contributed by atoms with van der Waals surface area (Å²) in [5.41, 5.74) is 1.38. The average Bonchev–Trinajstić information content (AvgIpc) is 3.13. The van der Waals surface area contributed by atoms with Gasteiger partial charge in [0.1, 0.15) is 0 Å². The summed E-state index contributed by atoms with van der Waals surface area (Å²) in [5, 5.41) is 3.92. The van der Waals surface area contributed by atoms with Crippen LogP contribution < -0.4 is 5.32 Å². The first-order valence-corrected chi connectivity index (χ1v) is 9.33. The van der Waals surface area contributed by atoms with Crippen LogP contribution in [-0.2, 0) is 0 Å². The fraction of sp³-hybridized carbons (Fsp3) is 0.667. The molecule has 0 aromatic heterocycles. The fourth-order valence-electron chi connectivity index (χ4n) is 5.30. The van der Waals surface area contributed by atoms with Crippen LogP contribution in [0.4, 0.5) is 5.69 Å². The number of para-hydroxylation sites is 1. The van der Waals surface area contributed by atoms with Gasteiger partial charge in [-0.3, -0.25) is 0 Å². The Labute approximate surface area is 126 Å². The molecule has 1 aromatic rings. The molecule has 3 fully saturated rings. The number of rotatable bonds is 4. The van der Waals surface area contributed by atoms with Crippen molar-refractivity contribution in [1.82, 2.24) is 0 Å². The Bertz CT molecular complexity index is 486. The molecule has 3 saturated carbocycles. The zero-order valence-corrected chi connectivity index (χ0v) is 13.2. The van der Waals surface area contributed by atoms with Crippen LogP contribution in [0.15, 0.2) is 29.2 Å². The zero-order valence-electron chi connectivity index (χ0n) is 12.3. The van der Waals surface area contributed by atoms with Crippen LogP contribution in [0.3, 0.4) is 0 Å². The van der Waals surface area contributed by atoms with Crippen molar-refractivity contribution in [3.05, 3.63) is 24.3 Å². The van der Waals surface area contributed by atoms with E-state index in [0.717, 1.165) is 35.5 Å². The van der Waals surface area contributed by atoms with E-state index in [4.69, 9.17) is 0 Å². The predicted molar refractivity (Wildman–Crippen MR) is 87.3 cm³/mol. The molecule has 0 heterocycles. The lowest BCUT2D eigenvalue weighted by Crippen LogP contribution is -2.34. The normalized spacial score (nSPS) is 38.1. The summed E-state index contributed by atoms with van der Waals surface area (Å²) < 4.78 is 0. The van der Waals surface area contributed by atoms with E-state index in [-0.39, 0.29) is 0 Å². The Hall–Kier alpha value is -0.630. The van der Waals surface area contributed by atoms with Gasteiger partial charge >= 0.3 is 0 Å². The highest BCUT2D eigenvalue weighted by molar-refractivity contribution is 7.99. The second-order valence-corrected chi connectivity index (χ2v) is 8.14. The first-order valence-electron chi connectivity index (χ1n) is 8.35. The van der Waals surface area contributed by atoms with Crippen molar-refractivity contribution in [2.45, 2.75) is 50.0 Å².